The quantitative estimate of drug-likeness (QED) is 0.513. The summed E-state index contributed by atoms with van der Waals surface area (Å²) >= 11 is 0. The van der Waals surface area contributed by atoms with E-state index in [0.717, 1.165) is 0 Å². The molecule has 0 spiro atoms. The van der Waals surface area contributed by atoms with E-state index in [1.807, 2.05) is 64.1 Å². The zero-order valence-electron chi connectivity index (χ0n) is 17.2. The molecule has 2 unspecified atom stereocenters. The van der Waals surface area contributed by atoms with Crippen LogP contribution in [0.4, 0.5) is 0 Å². The van der Waals surface area contributed by atoms with Gasteiger partial charge in [0, 0.05) is 0 Å². The van der Waals surface area contributed by atoms with E-state index in [2.05, 4.69) is 0 Å². The summed E-state index contributed by atoms with van der Waals surface area (Å²) in [5.41, 5.74) is -0.169. The lowest BCUT2D eigenvalue weighted by molar-refractivity contribution is -0.0460. The normalized spacial score (nSPS) is 15.1. The molecular formula is C24H30O4. The topological polar surface area (TPSA) is 52.6 Å². The van der Waals surface area contributed by atoms with E-state index in [1.54, 1.807) is 24.3 Å². The first kappa shape index (κ1) is 21.7. The maximum Gasteiger partial charge on any atom is 0.338 e. The maximum absolute atomic E-state index is 12.5. The molecule has 0 saturated heterocycles. The predicted molar refractivity (Wildman–Crippen MR) is 110 cm³/mol. The highest BCUT2D eigenvalue weighted by Crippen LogP contribution is 2.31. The summed E-state index contributed by atoms with van der Waals surface area (Å²) in [6.45, 7) is 7.86. The van der Waals surface area contributed by atoms with Crippen LogP contribution >= 0.6 is 0 Å². The van der Waals surface area contributed by atoms with E-state index < -0.39 is 11.2 Å². The van der Waals surface area contributed by atoms with Gasteiger partial charge in [-0.2, -0.15) is 0 Å². The zero-order valence-corrected chi connectivity index (χ0v) is 17.2. The van der Waals surface area contributed by atoms with Gasteiger partial charge in [-0.25, -0.2) is 9.59 Å². The first-order chi connectivity index (χ1) is 13.3. The Labute approximate surface area is 167 Å². The van der Waals surface area contributed by atoms with Crippen LogP contribution in [0.5, 0.6) is 0 Å². The number of ether oxygens (including phenoxy) is 2. The second-order valence-corrected chi connectivity index (χ2v) is 7.62. The molecule has 28 heavy (non-hydrogen) atoms. The Morgan fingerprint density at radius 3 is 1.29 bits per heavy atom. The average molecular weight is 383 g/mol. The Kier molecular flexibility index (Phi) is 7.38. The van der Waals surface area contributed by atoms with Crippen molar-refractivity contribution in [1.29, 1.82) is 0 Å². The Morgan fingerprint density at radius 1 is 0.679 bits per heavy atom. The molecule has 2 rings (SSSR count). The van der Waals surface area contributed by atoms with Crippen LogP contribution in [-0.2, 0) is 9.47 Å². The molecule has 4 nitrogen and oxygen atoms in total. The van der Waals surface area contributed by atoms with Crippen molar-refractivity contribution in [2.75, 3.05) is 0 Å². The van der Waals surface area contributed by atoms with Crippen LogP contribution in [0.25, 0.3) is 0 Å². The van der Waals surface area contributed by atoms with Crippen LogP contribution in [0.2, 0.25) is 0 Å². The van der Waals surface area contributed by atoms with E-state index in [0.29, 0.717) is 36.8 Å². The lowest BCUT2D eigenvalue weighted by Crippen LogP contribution is -2.37. The van der Waals surface area contributed by atoms with Crippen LogP contribution in [0.1, 0.15) is 74.1 Å². The molecule has 0 aliphatic heterocycles. The van der Waals surface area contributed by atoms with Gasteiger partial charge in [0.1, 0.15) is 11.2 Å². The highest BCUT2D eigenvalue weighted by Gasteiger charge is 2.34. The smallest absolute Gasteiger partial charge is 0.338 e. The van der Waals surface area contributed by atoms with Crippen molar-refractivity contribution in [1.82, 2.24) is 0 Å². The third kappa shape index (κ3) is 5.95. The molecule has 0 aliphatic rings. The van der Waals surface area contributed by atoms with Crippen LogP contribution in [0.15, 0.2) is 60.7 Å². The minimum atomic E-state index is -0.623. The first-order valence-corrected chi connectivity index (χ1v) is 9.87. The van der Waals surface area contributed by atoms with Gasteiger partial charge in [-0.1, -0.05) is 50.2 Å². The molecule has 2 atom stereocenters. The number of carbonyl (C=O) groups is 2. The molecule has 0 radical (unpaired) electrons. The summed E-state index contributed by atoms with van der Waals surface area (Å²) < 4.78 is 11.6. The van der Waals surface area contributed by atoms with Gasteiger partial charge in [0.05, 0.1) is 11.1 Å². The van der Waals surface area contributed by atoms with Gasteiger partial charge in [0.25, 0.3) is 0 Å². The molecule has 0 heterocycles. The van der Waals surface area contributed by atoms with Crippen molar-refractivity contribution < 1.29 is 19.1 Å². The Balaban J connectivity index is 2.02. The van der Waals surface area contributed by atoms with Crippen molar-refractivity contribution in [3.05, 3.63) is 71.8 Å². The van der Waals surface area contributed by atoms with Crippen LogP contribution in [-0.4, -0.2) is 23.1 Å². The van der Waals surface area contributed by atoms with Gasteiger partial charge in [-0.15, -0.1) is 0 Å². The lowest BCUT2D eigenvalue weighted by atomic mass is 9.88. The molecule has 0 amide bonds. The van der Waals surface area contributed by atoms with Crippen molar-refractivity contribution >= 4 is 11.9 Å². The lowest BCUT2D eigenvalue weighted by Gasteiger charge is -2.34. The summed E-state index contributed by atoms with van der Waals surface area (Å²) in [6.07, 6.45) is 2.57. The Bertz CT molecular complexity index is 704. The highest BCUT2D eigenvalue weighted by atomic mass is 16.6. The fourth-order valence-corrected chi connectivity index (χ4v) is 2.84. The van der Waals surface area contributed by atoms with Gasteiger partial charge in [0.15, 0.2) is 0 Å². The average Bonchev–Trinajstić information content (AvgIpc) is 2.73. The van der Waals surface area contributed by atoms with Crippen LogP contribution in [0, 0.1) is 0 Å². The monoisotopic (exact) mass is 382 g/mol. The number of hydrogen-bond donors (Lipinski definition) is 0. The standard InChI is InChI=1S/C24H30O4/c1-5-23(3,27-21(25)19-13-9-7-10-14-19)17-18-24(4,6-2)28-22(26)20-15-11-8-12-16-20/h7-16H,5-6,17-18H2,1-4H3. The minimum Gasteiger partial charge on any atom is -0.456 e. The Hall–Kier alpha value is -2.62. The fraction of sp³-hybridized carbons (Fsp3) is 0.417. The van der Waals surface area contributed by atoms with E-state index in [-0.39, 0.29) is 11.9 Å². The molecule has 150 valence electrons. The zero-order chi connectivity index (χ0) is 20.6. The first-order valence-electron chi connectivity index (χ1n) is 9.87. The van der Waals surface area contributed by atoms with Gasteiger partial charge >= 0.3 is 11.9 Å². The molecule has 0 N–H and O–H groups in total. The van der Waals surface area contributed by atoms with Gasteiger partial charge in [0.2, 0.25) is 0 Å². The third-order valence-electron chi connectivity index (χ3n) is 5.38. The molecular weight excluding hydrogens is 352 g/mol. The summed E-state index contributed by atoms with van der Waals surface area (Å²) in [7, 11) is 0. The summed E-state index contributed by atoms with van der Waals surface area (Å²) in [5, 5.41) is 0. The third-order valence-corrected chi connectivity index (χ3v) is 5.38. The SMILES string of the molecule is CCC(C)(CCC(C)(CC)OC(=O)c1ccccc1)OC(=O)c1ccccc1. The van der Waals surface area contributed by atoms with Gasteiger partial charge < -0.3 is 9.47 Å². The summed E-state index contributed by atoms with van der Waals surface area (Å²) in [5.74, 6) is -0.658. The highest BCUT2D eigenvalue weighted by molar-refractivity contribution is 5.90. The molecule has 0 fully saturated rings. The molecule has 2 aromatic rings. The van der Waals surface area contributed by atoms with Gasteiger partial charge in [-0.3, -0.25) is 0 Å². The van der Waals surface area contributed by atoms with Crippen molar-refractivity contribution in [3.8, 4) is 0 Å². The molecule has 2 aromatic carbocycles. The van der Waals surface area contributed by atoms with Crippen molar-refractivity contribution in [3.63, 3.8) is 0 Å². The number of rotatable bonds is 9. The van der Waals surface area contributed by atoms with Crippen molar-refractivity contribution in [2.24, 2.45) is 0 Å². The van der Waals surface area contributed by atoms with Crippen molar-refractivity contribution in [2.45, 2.75) is 64.6 Å². The molecule has 0 aliphatic carbocycles. The van der Waals surface area contributed by atoms with E-state index in [1.165, 1.54) is 0 Å². The fourth-order valence-electron chi connectivity index (χ4n) is 2.84. The maximum atomic E-state index is 12.5. The van der Waals surface area contributed by atoms with Crippen LogP contribution in [0.3, 0.4) is 0 Å². The second-order valence-electron chi connectivity index (χ2n) is 7.62. The molecule has 0 saturated carbocycles. The number of benzene rings is 2. The summed E-state index contributed by atoms with van der Waals surface area (Å²) in [4.78, 5) is 24.9. The second kappa shape index (κ2) is 9.54. The van der Waals surface area contributed by atoms with Crippen LogP contribution < -0.4 is 0 Å². The molecule has 4 heteroatoms. The number of esters is 2. The van der Waals surface area contributed by atoms with Gasteiger partial charge in [-0.05, 0) is 63.8 Å². The van der Waals surface area contributed by atoms with E-state index in [9.17, 15) is 9.59 Å². The Morgan fingerprint density at radius 2 is 1.00 bits per heavy atom. The largest absolute Gasteiger partial charge is 0.456 e. The predicted octanol–water partition coefficient (Wildman–Crippen LogP) is 5.82. The number of carbonyl (C=O) groups excluding carboxylic acids is 2. The molecule has 0 bridgehead atoms. The van der Waals surface area contributed by atoms with E-state index in [4.69, 9.17) is 9.47 Å². The minimum absolute atomic E-state index is 0.329. The summed E-state index contributed by atoms with van der Waals surface area (Å²) in [6, 6.07) is 18.0. The van der Waals surface area contributed by atoms with E-state index >= 15 is 0 Å². The number of hydrogen-bond acceptors (Lipinski definition) is 4. The molecule has 0 aromatic heterocycles.